The van der Waals surface area contributed by atoms with Crippen molar-refractivity contribution >= 4 is 17.7 Å². The van der Waals surface area contributed by atoms with Crippen LogP contribution in [0.2, 0.25) is 0 Å². The highest BCUT2D eigenvalue weighted by atomic mass is 16.5. The van der Waals surface area contributed by atoms with E-state index in [2.05, 4.69) is 12.2 Å². The Morgan fingerprint density at radius 2 is 2.09 bits per heavy atom. The highest BCUT2D eigenvalue weighted by Crippen LogP contribution is 2.30. The van der Waals surface area contributed by atoms with E-state index < -0.39 is 0 Å². The van der Waals surface area contributed by atoms with Gasteiger partial charge in [0.25, 0.3) is 0 Å². The van der Waals surface area contributed by atoms with Gasteiger partial charge in [-0.3, -0.25) is 0 Å². The lowest BCUT2D eigenvalue weighted by atomic mass is 10.2. The topological polar surface area (TPSA) is 58.6 Å². The predicted octanol–water partition coefficient (Wildman–Crippen LogP) is 3.52. The number of benzene rings is 1. The molecule has 0 radical (unpaired) electrons. The number of carbonyl (C=O) groups is 2. The Kier molecular flexibility index (Phi) is 5.81. The Labute approximate surface area is 131 Å². The van der Waals surface area contributed by atoms with Gasteiger partial charge in [0.05, 0.1) is 12.2 Å². The first-order valence-corrected chi connectivity index (χ1v) is 7.97. The second-order valence-corrected chi connectivity index (χ2v) is 5.62. The molecule has 0 saturated heterocycles. The largest absolute Gasteiger partial charge is 0.462 e. The smallest absolute Gasteiger partial charge is 0.338 e. The number of esters is 1. The van der Waals surface area contributed by atoms with Gasteiger partial charge in [-0.1, -0.05) is 13.0 Å². The Morgan fingerprint density at radius 1 is 1.32 bits per heavy atom. The number of carbonyl (C=O) groups excluding carboxylic acids is 2. The van der Waals surface area contributed by atoms with E-state index in [0.717, 1.165) is 19.5 Å². The van der Waals surface area contributed by atoms with E-state index in [9.17, 15) is 9.59 Å². The van der Waals surface area contributed by atoms with Crippen molar-refractivity contribution in [1.82, 2.24) is 4.90 Å². The normalized spacial score (nSPS) is 13.5. The van der Waals surface area contributed by atoms with Crippen LogP contribution in [0.15, 0.2) is 24.3 Å². The van der Waals surface area contributed by atoms with Crippen molar-refractivity contribution in [3.63, 3.8) is 0 Å². The van der Waals surface area contributed by atoms with Crippen LogP contribution in [-0.4, -0.2) is 36.6 Å². The second-order valence-electron chi connectivity index (χ2n) is 5.62. The van der Waals surface area contributed by atoms with Gasteiger partial charge in [-0.05, 0) is 50.3 Å². The van der Waals surface area contributed by atoms with Crippen LogP contribution in [-0.2, 0) is 4.74 Å². The summed E-state index contributed by atoms with van der Waals surface area (Å²) in [7, 11) is 0. The summed E-state index contributed by atoms with van der Waals surface area (Å²) in [6.45, 7) is 5.73. The minimum atomic E-state index is -0.373. The minimum absolute atomic E-state index is 0.102. The molecule has 1 N–H and O–H groups in total. The Bertz CT molecular complexity index is 526. The average molecular weight is 304 g/mol. The molecule has 1 aliphatic carbocycles. The Morgan fingerprint density at radius 3 is 2.73 bits per heavy atom. The third kappa shape index (κ3) is 4.76. The Balaban J connectivity index is 1.99. The fourth-order valence-corrected chi connectivity index (χ4v) is 2.30. The first kappa shape index (κ1) is 16.3. The van der Waals surface area contributed by atoms with E-state index in [0.29, 0.717) is 23.8 Å². The molecule has 1 fully saturated rings. The molecule has 0 heterocycles. The zero-order chi connectivity index (χ0) is 15.9. The molecule has 1 aliphatic rings. The highest BCUT2D eigenvalue weighted by Gasteiger charge is 2.26. The summed E-state index contributed by atoms with van der Waals surface area (Å²) in [5, 5.41) is 2.88. The molecular formula is C17H24N2O3. The number of hydrogen-bond acceptors (Lipinski definition) is 3. The van der Waals surface area contributed by atoms with E-state index in [1.807, 2.05) is 4.90 Å². The SMILES string of the molecule is CCCN(CC1CC1)C(=O)Nc1cccc(C(=O)OCC)c1. The van der Waals surface area contributed by atoms with Gasteiger partial charge in [-0.15, -0.1) is 0 Å². The monoisotopic (exact) mass is 304 g/mol. The molecule has 0 spiro atoms. The number of urea groups is 1. The second kappa shape index (κ2) is 7.82. The van der Waals surface area contributed by atoms with Crippen LogP contribution in [0.25, 0.3) is 0 Å². The highest BCUT2D eigenvalue weighted by molar-refractivity contribution is 5.94. The molecule has 0 aliphatic heterocycles. The molecule has 2 amide bonds. The lowest BCUT2D eigenvalue weighted by Crippen LogP contribution is -2.37. The van der Waals surface area contributed by atoms with Crippen molar-refractivity contribution in [3.8, 4) is 0 Å². The van der Waals surface area contributed by atoms with Gasteiger partial charge in [-0.25, -0.2) is 9.59 Å². The number of nitrogens with zero attached hydrogens (tertiary/aromatic N) is 1. The molecule has 22 heavy (non-hydrogen) atoms. The number of amides is 2. The summed E-state index contributed by atoms with van der Waals surface area (Å²) in [6.07, 6.45) is 3.36. The molecule has 1 saturated carbocycles. The van der Waals surface area contributed by atoms with Crippen molar-refractivity contribution in [2.75, 3.05) is 25.0 Å². The molecule has 5 nitrogen and oxygen atoms in total. The standard InChI is InChI=1S/C17H24N2O3/c1-3-10-19(12-13-8-9-13)17(21)18-15-7-5-6-14(11-15)16(20)22-4-2/h5-7,11,13H,3-4,8-10,12H2,1-2H3,(H,18,21). The fourth-order valence-electron chi connectivity index (χ4n) is 2.30. The van der Waals surface area contributed by atoms with Crippen LogP contribution in [0.1, 0.15) is 43.5 Å². The van der Waals surface area contributed by atoms with Gasteiger partial charge in [0, 0.05) is 18.8 Å². The van der Waals surface area contributed by atoms with Crippen LogP contribution in [0.3, 0.4) is 0 Å². The van der Waals surface area contributed by atoms with Crippen LogP contribution in [0.5, 0.6) is 0 Å². The summed E-state index contributed by atoms with van der Waals surface area (Å²) >= 11 is 0. The molecule has 0 bridgehead atoms. The third-order valence-electron chi connectivity index (χ3n) is 3.58. The maximum Gasteiger partial charge on any atom is 0.338 e. The van der Waals surface area contributed by atoms with E-state index in [4.69, 9.17) is 4.74 Å². The summed E-state index contributed by atoms with van der Waals surface area (Å²) in [5.74, 6) is 0.283. The molecule has 2 rings (SSSR count). The summed E-state index contributed by atoms with van der Waals surface area (Å²) in [4.78, 5) is 26.0. The summed E-state index contributed by atoms with van der Waals surface area (Å²) in [5.41, 5.74) is 1.07. The zero-order valence-electron chi connectivity index (χ0n) is 13.3. The Hall–Kier alpha value is -2.04. The number of hydrogen-bond donors (Lipinski definition) is 1. The number of rotatable bonds is 7. The van der Waals surface area contributed by atoms with Crippen LogP contribution >= 0.6 is 0 Å². The fraction of sp³-hybridized carbons (Fsp3) is 0.529. The van der Waals surface area contributed by atoms with Gasteiger partial charge in [0.2, 0.25) is 0 Å². The van der Waals surface area contributed by atoms with Crippen molar-refractivity contribution in [2.24, 2.45) is 5.92 Å². The predicted molar refractivity (Wildman–Crippen MR) is 86.0 cm³/mol. The van der Waals surface area contributed by atoms with Crippen LogP contribution < -0.4 is 5.32 Å². The number of anilines is 1. The quantitative estimate of drug-likeness (QED) is 0.784. The van der Waals surface area contributed by atoms with Crippen LogP contribution in [0, 0.1) is 5.92 Å². The maximum absolute atomic E-state index is 12.4. The molecule has 0 unspecified atom stereocenters. The number of nitrogens with one attached hydrogen (secondary N) is 1. The minimum Gasteiger partial charge on any atom is -0.462 e. The zero-order valence-corrected chi connectivity index (χ0v) is 13.3. The van der Waals surface area contributed by atoms with Gasteiger partial charge in [0.15, 0.2) is 0 Å². The van der Waals surface area contributed by atoms with E-state index in [1.54, 1.807) is 31.2 Å². The molecular weight excluding hydrogens is 280 g/mol. The van der Waals surface area contributed by atoms with E-state index in [-0.39, 0.29) is 12.0 Å². The number of ether oxygens (including phenoxy) is 1. The lowest BCUT2D eigenvalue weighted by Gasteiger charge is -2.22. The lowest BCUT2D eigenvalue weighted by molar-refractivity contribution is 0.0526. The summed E-state index contributed by atoms with van der Waals surface area (Å²) < 4.78 is 4.97. The molecule has 5 heteroatoms. The van der Waals surface area contributed by atoms with Gasteiger partial charge in [-0.2, -0.15) is 0 Å². The molecule has 0 aromatic heterocycles. The van der Waals surface area contributed by atoms with Gasteiger partial charge < -0.3 is 15.0 Å². The summed E-state index contributed by atoms with van der Waals surface area (Å²) in [6, 6.07) is 6.75. The first-order valence-electron chi connectivity index (χ1n) is 7.97. The van der Waals surface area contributed by atoms with Crippen LogP contribution in [0.4, 0.5) is 10.5 Å². The van der Waals surface area contributed by atoms with Gasteiger partial charge in [0.1, 0.15) is 0 Å². The molecule has 1 aromatic rings. The maximum atomic E-state index is 12.4. The van der Waals surface area contributed by atoms with Crippen molar-refractivity contribution in [3.05, 3.63) is 29.8 Å². The van der Waals surface area contributed by atoms with Crippen molar-refractivity contribution < 1.29 is 14.3 Å². The van der Waals surface area contributed by atoms with Crippen molar-refractivity contribution in [1.29, 1.82) is 0 Å². The molecule has 0 atom stereocenters. The third-order valence-corrected chi connectivity index (χ3v) is 3.58. The van der Waals surface area contributed by atoms with E-state index in [1.165, 1.54) is 12.8 Å². The van der Waals surface area contributed by atoms with Crippen molar-refractivity contribution in [2.45, 2.75) is 33.1 Å². The molecule has 120 valence electrons. The average Bonchev–Trinajstić information content (AvgIpc) is 3.31. The first-order chi connectivity index (χ1) is 10.6. The molecule has 1 aromatic carbocycles. The van der Waals surface area contributed by atoms with E-state index >= 15 is 0 Å². The van der Waals surface area contributed by atoms with Gasteiger partial charge >= 0.3 is 12.0 Å².